The van der Waals surface area contributed by atoms with Crippen LogP contribution in [0.1, 0.15) is 44.9 Å². The summed E-state index contributed by atoms with van der Waals surface area (Å²) < 4.78 is 14.5. The third kappa shape index (κ3) is 4.22. The fourth-order valence-electron chi connectivity index (χ4n) is 4.75. The van der Waals surface area contributed by atoms with Gasteiger partial charge in [-0.05, 0) is 50.2 Å². The second-order valence-corrected chi connectivity index (χ2v) is 8.53. The summed E-state index contributed by atoms with van der Waals surface area (Å²) in [5.74, 6) is 0.662. The van der Waals surface area contributed by atoms with Gasteiger partial charge < -0.3 is 10.2 Å². The number of H-pyrrole nitrogens is 1. The van der Waals surface area contributed by atoms with Gasteiger partial charge in [-0.25, -0.2) is 19.3 Å². The van der Waals surface area contributed by atoms with Crippen LogP contribution in [0.15, 0.2) is 24.5 Å². The van der Waals surface area contributed by atoms with Gasteiger partial charge in [-0.1, -0.05) is 6.42 Å². The zero-order valence-electron chi connectivity index (χ0n) is 17.4. The van der Waals surface area contributed by atoms with E-state index in [0.717, 1.165) is 57.0 Å². The molecule has 0 spiro atoms. The standard InChI is InChI=1S/C22H26FN7O/c23-17-13-25-22(19-16-7-4-8-24-20(16)29-28-19)27-21(17)26-15-6-3-5-14(11-15)12-18(31)30-9-1-2-10-30/h4,7-8,13-15H,1-3,5-6,9-12H2,(H,24,28,29)(H,25,26,27)/t14-,15+/m1/s1. The van der Waals surface area contributed by atoms with Crippen molar-refractivity contribution in [2.45, 2.75) is 51.0 Å². The topological polar surface area (TPSA) is 99.7 Å². The molecule has 0 radical (unpaired) electrons. The van der Waals surface area contributed by atoms with Gasteiger partial charge in [0, 0.05) is 37.1 Å². The molecule has 1 aliphatic carbocycles. The lowest BCUT2D eigenvalue weighted by atomic mass is 9.83. The van der Waals surface area contributed by atoms with E-state index in [1.165, 1.54) is 6.20 Å². The van der Waals surface area contributed by atoms with Crippen molar-refractivity contribution < 1.29 is 9.18 Å². The molecule has 0 aromatic carbocycles. The fraction of sp³-hybridized carbons (Fsp3) is 0.500. The summed E-state index contributed by atoms with van der Waals surface area (Å²) in [6.07, 6.45) is 9.50. The van der Waals surface area contributed by atoms with Gasteiger partial charge in [0.1, 0.15) is 5.69 Å². The highest BCUT2D eigenvalue weighted by atomic mass is 19.1. The molecule has 1 aliphatic heterocycles. The molecule has 0 bridgehead atoms. The predicted octanol–water partition coefficient (Wildman–Crippen LogP) is 3.54. The SMILES string of the molecule is O=C(C[C@@H]1CCC[C@H](Nc2nc(-c3[nH]nc4ncccc34)ncc2F)C1)N1CCCC1. The Morgan fingerprint density at radius 2 is 2.10 bits per heavy atom. The molecule has 2 atom stereocenters. The van der Waals surface area contributed by atoms with E-state index in [2.05, 4.69) is 30.5 Å². The van der Waals surface area contributed by atoms with Crippen LogP contribution in [-0.4, -0.2) is 55.1 Å². The number of rotatable bonds is 5. The molecule has 0 unspecified atom stereocenters. The molecule has 3 aromatic rings. The van der Waals surface area contributed by atoms with E-state index >= 15 is 0 Å². The second kappa shape index (κ2) is 8.56. The Morgan fingerprint density at radius 3 is 2.97 bits per heavy atom. The normalized spacial score (nSPS) is 21.5. The molecule has 3 aromatic heterocycles. The third-order valence-electron chi connectivity index (χ3n) is 6.34. The predicted molar refractivity (Wildman–Crippen MR) is 115 cm³/mol. The van der Waals surface area contributed by atoms with Crippen molar-refractivity contribution in [2.24, 2.45) is 5.92 Å². The van der Waals surface area contributed by atoms with E-state index in [9.17, 15) is 9.18 Å². The number of likely N-dealkylation sites (tertiary alicyclic amines) is 1. The first-order chi connectivity index (χ1) is 15.2. The number of fused-ring (bicyclic) bond motifs is 1. The smallest absolute Gasteiger partial charge is 0.222 e. The average molecular weight is 423 g/mol. The lowest BCUT2D eigenvalue weighted by molar-refractivity contribution is -0.131. The third-order valence-corrected chi connectivity index (χ3v) is 6.34. The van der Waals surface area contributed by atoms with Crippen LogP contribution in [0.5, 0.6) is 0 Å². The van der Waals surface area contributed by atoms with E-state index in [1.807, 2.05) is 17.0 Å². The van der Waals surface area contributed by atoms with Gasteiger partial charge in [-0.3, -0.25) is 9.89 Å². The molecule has 8 nitrogen and oxygen atoms in total. The summed E-state index contributed by atoms with van der Waals surface area (Å²) in [4.78, 5) is 27.3. The van der Waals surface area contributed by atoms with Crippen LogP contribution in [0.25, 0.3) is 22.6 Å². The van der Waals surface area contributed by atoms with Crippen LogP contribution in [0.2, 0.25) is 0 Å². The van der Waals surface area contributed by atoms with Crippen LogP contribution >= 0.6 is 0 Å². The summed E-state index contributed by atoms with van der Waals surface area (Å²) >= 11 is 0. The molecule has 31 heavy (non-hydrogen) atoms. The molecule has 5 rings (SSSR count). The second-order valence-electron chi connectivity index (χ2n) is 8.53. The maximum Gasteiger partial charge on any atom is 0.222 e. The summed E-state index contributed by atoms with van der Waals surface area (Å²) in [6.45, 7) is 1.78. The minimum atomic E-state index is -0.485. The summed E-state index contributed by atoms with van der Waals surface area (Å²) in [5, 5.41) is 11.1. The number of halogens is 1. The van der Waals surface area contributed by atoms with E-state index in [0.29, 0.717) is 29.5 Å². The number of nitrogens with zero attached hydrogens (tertiary/aromatic N) is 5. The molecule has 1 amide bonds. The number of carbonyl (C=O) groups is 1. The van der Waals surface area contributed by atoms with Crippen LogP contribution < -0.4 is 5.32 Å². The highest BCUT2D eigenvalue weighted by molar-refractivity contribution is 5.88. The van der Waals surface area contributed by atoms with Crippen molar-refractivity contribution in [3.63, 3.8) is 0 Å². The molecule has 162 valence electrons. The van der Waals surface area contributed by atoms with E-state index < -0.39 is 5.82 Å². The van der Waals surface area contributed by atoms with Crippen molar-refractivity contribution >= 4 is 22.8 Å². The number of hydrogen-bond acceptors (Lipinski definition) is 6. The minimum absolute atomic E-state index is 0.0857. The Morgan fingerprint density at radius 1 is 1.23 bits per heavy atom. The van der Waals surface area contributed by atoms with Gasteiger partial charge in [-0.15, -0.1) is 0 Å². The van der Waals surface area contributed by atoms with Gasteiger partial charge >= 0.3 is 0 Å². The maximum absolute atomic E-state index is 14.5. The number of nitrogens with one attached hydrogen (secondary N) is 2. The zero-order chi connectivity index (χ0) is 21.2. The molecule has 2 aliphatic rings. The van der Waals surface area contributed by atoms with Crippen LogP contribution in [-0.2, 0) is 4.79 Å². The molecule has 9 heteroatoms. The van der Waals surface area contributed by atoms with Crippen molar-refractivity contribution in [3.8, 4) is 11.5 Å². The van der Waals surface area contributed by atoms with Crippen molar-refractivity contribution in [3.05, 3.63) is 30.3 Å². The number of hydrogen-bond donors (Lipinski definition) is 2. The van der Waals surface area contributed by atoms with Crippen molar-refractivity contribution in [1.82, 2.24) is 30.0 Å². The number of pyridine rings is 1. The summed E-state index contributed by atoms with van der Waals surface area (Å²) in [6, 6.07) is 3.78. The summed E-state index contributed by atoms with van der Waals surface area (Å²) in [7, 11) is 0. The Bertz CT molecular complexity index is 1080. The number of carbonyl (C=O) groups excluding carboxylic acids is 1. The number of anilines is 1. The quantitative estimate of drug-likeness (QED) is 0.651. The Balaban J connectivity index is 1.29. The van der Waals surface area contributed by atoms with Crippen LogP contribution in [0, 0.1) is 11.7 Å². The monoisotopic (exact) mass is 423 g/mol. The molecule has 2 N–H and O–H groups in total. The molecule has 1 saturated carbocycles. The molecule has 4 heterocycles. The van der Waals surface area contributed by atoms with Crippen LogP contribution in [0.4, 0.5) is 10.2 Å². The maximum atomic E-state index is 14.5. The van der Waals surface area contributed by atoms with Crippen molar-refractivity contribution in [1.29, 1.82) is 0 Å². The molecule has 1 saturated heterocycles. The zero-order valence-corrected chi connectivity index (χ0v) is 17.4. The number of amides is 1. The van der Waals surface area contributed by atoms with Gasteiger partial charge in [-0.2, -0.15) is 5.10 Å². The lowest BCUT2D eigenvalue weighted by Crippen LogP contribution is -2.33. The number of aromatic nitrogens is 5. The van der Waals surface area contributed by atoms with Gasteiger partial charge in [0.15, 0.2) is 23.1 Å². The molecular formula is C22H26FN7O. The average Bonchev–Trinajstić information content (AvgIpc) is 3.46. The van der Waals surface area contributed by atoms with Gasteiger partial charge in [0.25, 0.3) is 0 Å². The lowest BCUT2D eigenvalue weighted by Gasteiger charge is -2.30. The van der Waals surface area contributed by atoms with Gasteiger partial charge in [0.05, 0.1) is 6.20 Å². The molecular weight excluding hydrogens is 397 g/mol. The van der Waals surface area contributed by atoms with Crippen molar-refractivity contribution in [2.75, 3.05) is 18.4 Å². The van der Waals surface area contributed by atoms with E-state index in [4.69, 9.17) is 0 Å². The Hall–Kier alpha value is -3.10. The van der Waals surface area contributed by atoms with Crippen LogP contribution in [0.3, 0.4) is 0 Å². The highest BCUT2D eigenvalue weighted by Gasteiger charge is 2.27. The molecule has 2 fully saturated rings. The number of aromatic amines is 1. The summed E-state index contributed by atoms with van der Waals surface area (Å²) in [5.41, 5.74) is 1.18. The highest BCUT2D eigenvalue weighted by Crippen LogP contribution is 2.31. The first-order valence-corrected chi connectivity index (χ1v) is 11.0. The Labute approximate surface area is 179 Å². The van der Waals surface area contributed by atoms with Gasteiger partial charge in [0.2, 0.25) is 5.91 Å². The first kappa shape index (κ1) is 19.8. The largest absolute Gasteiger partial charge is 0.365 e. The van der Waals surface area contributed by atoms with E-state index in [-0.39, 0.29) is 17.8 Å². The fourth-order valence-corrected chi connectivity index (χ4v) is 4.75. The van der Waals surface area contributed by atoms with E-state index in [1.54, 1.807) is 6.20 Å². The Kier molecular flexibility index (Phi) is 5.48. The first-order valence-electron chi connectivity index (χ1n) is 11.0. The minimum Gasteiger partial charge on any atom is -0.365 e.